The zero-order chi connectivity index (χ0) is 8.67. The van der Waals surface area contributed by atoms with Crippen molar-refractivity contribution in [3.8, 4) is 0 Å². The third-order valence-electron chi connectivity index (χ3n) is 2.03. The summed E-state index contributed by atoms with van der Waals surface area (Å²) >= 11 is 0. The van der Waals surface area contributed by atoms with Crippen molar-refractivity contribution in [2.24, 2.45) is 0 Å². The average molecular weight is 170 g/mol. The van der Waals surface area contributed by atoms with Gasteiger partial charge in [-0.2, -0.15) is 0 Å². The maximum absolute atomic E-state index is 4.19. The van der Waals surface area contributed by atoms with Crippen LogP contribution < -0.4 is 0 Å². The van der Waals surface area contributed by atoms with E-state index in [2.05, 4.69) is 15.0 Å². The molecule has 0 aromatic carbocycles. The van der Waals surface area contributed by atoms with Crippen LogP contribution in [0.1, 0.15) is 0 Å². The number of imidazole rings is 1. The normalized spacial score (nSPS) is 11.1. The topological polar surface area (TPSA) is 43.1 Å². The van der Waals surface area contributed by atoms with E-state index in [1.165, 1.54) is 0 Å². The molecule has 0 aliphatic carbocycles. The summed E-state index contributed by atoms with van der Waals surface area (Å²) in [5, 5.41) is 1.02. The summed E-state index contributed by atoms with van der Waals surface area (Å²) in [6.45, 7) is 0. The van der Waals surface area contributed by atoms with Crippen molar-refractivity contribution in [2.75, 3.05) is 0 Å². The lowest BCUT2D eigenvalue weighted by Crippen LogP contribution is -1.90. The van der Waals surface area contributed by atoms with Gasteiger partial charge in [-0.1, -0.05) is 0 Å². The van der Waals surface area contributed by atoms with Crippen LogP contribution in [0.4, 0.5) is 0 Å². The Morgan fingerprint density at radius 1 is 1.15 bits per heavy atom. The predicted octanol–water partition coefficient (Wildman–Crippen LogP) is 1.28. The minimum absolute atomic E-state index is 0.894. The molecule has 0 radical (unpaired) electrons. The van der Waals surface area contributed by atoms with Crippen molar-refractivity contribution in [2.45, 2.75) is 0 Å². The molecule has 3 aromatic heterocycles. The summed E-state index contributed by atoms with van der Waals surface area (Å²) in [6, 6.07) is 3.92. The van der Waals surface area contributed by atoms with Crippen molar-refractivity contribution in [1.82, 2.24) is 19.4 Å². The first kappa shape index (κ1) is 6.54. The Hall–Kier alpha value is -1.97. The highest BCUT2D eigenvalue weighted by Crippen LogP contribution is 2.11. The average Bonchev–Trinajstić information content (AvgIpc) is 2.65. The van der Waals surface area contributed by atoms with Gasteiger partial charge in [-0.3, -0.25) is 4.40 Å². The highest BCUT2D eigenvalue weighted by molar-refractivity contribution is 5.76. The van der Waals surface area contributed by atoms with Gasteiger partial charge < -0.3 is 0 Å². The molecule has 0 bridgehead atoms. The number of hydrogen-bond donors (Lipinski definition) is 0. The third kappa shape index (κ3) is 0.823. The Morgan fingerprint density at radius 2 is 2.15 bits per heavy atom. The van der Waals surface area contributed by atoms with Crippen LogP contribution in [0.3, 0.4) is 0 Å². The van der Waals surface area contributed by atoms with Crippen LogP contribution in [0.25, 0.3) is 16.7 Å². The first-order valence-electron chi connectivity index (χ1n) is 3.97. The van der Waals surface area contributed by atoms with E-state index in [1.54, 1.807) is 18.7 Å². The number of hydrogen-bond acceptors (Lipinski definition) is 3. The molecule has 0 N–H and O–H groups in total. The molecule has 62 valence electrons. The second-order valence-electron chi connectivity index (χ2n) is 2.79. The lowest BCUT2D eigenvalue weighted by atomic mass is 10.3. The highest BCUT2D eigenvalue weighted by Gasteiger charge is 1.99. The maximum Gasteiger partial charge on any atom is 0.149 e. The number of fused-ring (bicyclic) bond motifs is 3. The van der Waals surface area contributed by atoms with Gasteiger partial charge >= 0.3 is 0 Å². The van der Waals surface area contributed by atoms with Gasteiger partial charge in [0.15, 0.2) is 0 Å². The Kier molecular flexibility index (Phi) is 1.14. The van der Waals surface area contributed by atoms with Gasteiger partial charge in [0.1, 0.15) is 17.6 Å². The van der Waals surface area contributed by atoms with Gasteiger partial charge in [0.25, 0.3) is 0 Å². The summed E-state index contributed by atoms with van der Waals surface area (Å²) in [4.78, 5) is 12.3. The number of nitrogens with zero attached hydrogens (tertiary/aromatic N) is 4. The van der Waals surface area contributed by atoms with E-state index in [-0.39, 0.29) is 0 Å². The first-order valence-corrected chi connectivity index (χ1v) is 3.97. The standard InChI is InChI=1S/C9H6N4/c1-2-8-11-3-4-13(8)9-7(1)5-10-6-12-9/h1-6H. The molecule has 0 aliphatic rings. The van der Waals surface area contributed by atoms with Crippen LogP contribution in [0.2, 0.25) is 0 Å². The summed E-state index contributed by atoms with van der Waals surface area (Å²) in [7, 11) is 0. The molecule has 0 fully saturated rings. The number of aromatic nitrogens is 4. The lowest BCUT2D eigenvalue weighted by Gasteiger charge is -1.98. The van der Waals surface area contributed by atoms with E-state index < -0.39 is 0 Å². The van der Waals surface area contributed by atoms with Crippen LogP contribution >= 0.6 is 0 Å². The van der Waals surface area contributed by atoms with Gasteiger partial charge in [0, 0.05) is 24.0 Å². The molecule has 13 heavy (non-hydrogen) atoms. The summed E-state index contributed by atoms with van der Waals surface area (Å²) < 4.78 is 1.94. The maximum atomic E-state index is 4.19. The van der Waals surface area contributed by atoms with E-state index in [0.29, 0.717) is 0 Å². The third-order valence-corrected chi connectivity index (χ3v) is 2.03. The van der Waals surface area contributed by atoms with E-state index in [0.717, 1.165) is 16.7 Å². The first-order chi connectivity index (χ1) is 6.45. The van der Waals surface area contributed by atoms with Gasteiger partial charge in [0.2, 0.25) is 0 Å². The van der Waals surface area contributed by atoms with Gasteiger partial charge in [-0.25, -0.2) is 15.0 Å². The van der Waals surface area contributed by atoms with Crippen LogP contribution in [-0.4, -0.2) is 19.4 Å². The van der Waals surface area contributed by atoms with Gasteiger partial charge in [-0.15, -0.1) is 0 Å². The fourth-order valence-electron chi connectivity index (χ4n) is 1.43. The number of pyridine rings is 1. The van der Waals surface area contributed by atoms with Crippen molar-refractivity contribution in [1.29, 1.82) is 0 Å². The van der Waals surface area contributed by atoms with E-state index >= 15 is 0 Å². The van der Waals surface area contributed by atoms with E-state index in [1.807, 2.05) is 22.7 Å². The van der Waals surface area contributed by atoms with E-state index in [9.17, 15) is 0 Å². The smallest absolute Gasteiger partial charge is 0.149 e. The molecule has 3 aromatic rings. The molecule has 0 atom stereocenters. The predicted molar refractivity (Wildman–Crippen MR) is 48.3 cm³/mol. The van der Waals surface area contributed by atoms with Crippen molar-refractivity contribution < 1.29 is 0 Å². The Balaban J connectivity index is 2.65. The van der Waals surface area contributed by atoms with Crippen LogP contribution in [0, 0.1) is 0 Å². The van der Waals surface area contributed by atoms with Crippen molar-refractivity contribution >= 4 is 16.7 Å². The summed E-state index contributed by atoms with van der Waals surface area (Å²) in [5.41, 5.74) is 1.80. The number of rotatable bonds is 0. The molecule has 0 saturated heterocycles. The van der Waals surface area contributed by atoms with Crippen LogP contribution in [0.5, 0.6) is 0 Å². The molecular weight excluding hydrogens is 164 g/mol. The molecule has 0 aliphatic heterocycles. The zero-order valence-electron chi connectivity index (χ0n) is 6.75. The molecule has 0 spiro atoms. The minimum Gasteiger partial charge on any atom is -0.284 e. The second kappa shape index (κ2) is 2.26. The van der Waals surface area contributed by atoms with Crippen LogP contribution in [0.15, 0.2) is 37.1 Å². The Bertz CT molecular complexity index is 570. The van der Waals surface area contributed by atoms with Crippen LogP contribution in [-0.2, 0) is 0 Å². The molecule has 4 nitrogen and oxygen atoms in total. The lowest BCUT2D eigenvalue weighted by molar-refractivity contribution is 1.14. The van der Waals surface area contributed by atoms with Crippen molar-refractivity contribution in [3.05, 3.63) is 37.1 Å². The summed E-state index contributed by atoms with van der Waals surface area (Å²) in [5.74, 6) is 0. The van der Waals surface area contributed by atoms with Gasteiger partial charge in [0.05, 0.1) is 0 Å². The van der Waals surface area contributed by atoms with E-state index in [4.69, 9.17) is 0 Å². The molecule has 3 rings (SSSR count). The molecule has 4 heteroatoms. The molecule has 0 amide bonds. The molecule has 3 heterocycles. The highest BCUT2D eigenvalue weighted by atomic mass is 15.0. The molecule has 0 saturated carbocycles. The summed E-state index contributed by atoms with van der Waals surface area (Å²) in [6.07, 6.45) is 6.99. The second-order valence-corrected chi connectivity index (χ2v) is 2.79. The monoisotopic (exact) mass is 170 g/mol. The quantitative estimate of drug-likeness (QED) is 0.510. The molecular formula is C9H6N4. The fourth-order valence-corrected chi connectivity index (χ4v) is 1.43. The minimum atomic E-state index is 0.894. The Morgan fingerprint density at radius 3 is 3.15 bits per heavy atom. The SMILES string of the molecule is c1cn2c(ccc3cncnc32)n1. The molecule has 0 unspecified atom stereocenters. The largest absolute Gasteiger partial charge is 0.284 e. The van der Waals surface area contributed by atoms with Gasteiger partial charge in [-0.05, 0) is 12.1 Å². The van der Waals surface area contributed by atoms with Crippen molar-refractivity contribution in [3.63, 3.8) is 0 Å². The zero-order valence-corrected chi connectivity index (χ0v) is 6.75. The Labute approximate surface area is 73.9 Å². The fraction of sp³-hybridized carbons (Fsp3) is 0.